The van der Waals surface area contributed by atoms with E-state index in [1.807, 2.05) is 24.3 Å². The van der Waals surface area contributed by atoms with Gasteiger partial charge in [0.25, 0.3) is 0 Å². The first kappa shape index (κ1) is 21.2. The van der Waals surface area contributed by atoms with Crippen molar-refractivity contribution in [3.8, 4) is 11.5 Å². The highest BCUT2D eigenvalue weighted by Crippen LogP contribution is 2.48. The summed E-state index contributed by atoms with van der Waals surface area (Å²) in [6, 6.07) is 12.9. The van der Waals surface area contributed by atoms with E-state index < -0.39 is 11.5 Å². The van der Waals surface area contributed by atoms with Crippen LogP contribution in [0, 0.1) is 11.8 Å². The molecule has 4 rings (SSSR count). The second-order valence-corrected chi connectivity index (χ2v) is 8.62. The number of methoxy groups -OCH3 is 2. The smallest absolute Gasteiger partial charge is 0.250 e. The average Bonchev–Trinajstić information content (AvgIpc) is 3.26. The summed E-state index contributed by atoms with van der Waals surface area (Å²) in [5, 5.41) is 9.50. The third-order valence-corrected chi connectivity index (χ3v) is 6.17. The number of rotatable bonds is 6. The summed E-state index contributed by atoms with van der Waals surface area (Å²) in [5.74, 6) is 0.599. The van der Waals surface area contributed by atoms with Crippen molar-refractivity contribution >= 4 is 23.2 Å². The number of fused-ring (bicyclic) bond motifs is 2. The summed E-state index contributed by atoms with van der Waals surface area (Å²) in [5.41, 5.74) is 0.999. The molecule has 0 aromatic heterocycles. The van der Waals surface area contributed by atoms with Crippen LogP contribution >= 0.6 is 0 Å². The van der Waals surface area contributed by atoms with Crippen molar-refractivity contribution in [1.82, 2.24) is 5.32 Å². The fourth-order valence-electron chi connectivity index (χ4n) is 4.87. The number of amides is 2. The summed E-state index contributed by atoms with van der Waals surface area (Å²) in [4.78, 5) is 26.9. The van der Waals surface area contributed by atoms with Crippen LogP contribution in [-0.2, 0) is 15.1 Å². The Hall–Kier alpha value is -3.06. The number of carbonyl (C=O) groups is 2. The van der Waals surface area contributed by atoms with Gasteiger partial charge >= 0.3 is 0 Å². The highest BCUT2D eigenvalue weighted by molar-refractivity contribution is 6.10. The molecule has 2 aliphatic heterocycles. The van der Waals surface area contributed by atoms with Gasteiger partial charge < -0.3 is 20.1 Å². The van der Waals surface area contributed by atoms with Crippen molar-refractivity contribution in [3.63, 3.8) is 0 Å². The molecule has 0 bridgehead atoms. The molecule has 2 aromatic carbocycles. The van der Waals surface area contributed by atoms with Gasteiger partial charge in [-0.05, 0) is 37.0 Å². The lowest BCUT2D eigenvalue weighted by Gasteiger charge is -2.29. The summed E-state index contributed by atoms with van der Waals surface area (Å²) in [6.07, 6.45) is 1.45. The van der Waals surface area contributed by atoms with Crippen LogP contribution in [0.5, 0.6) is 11.5 Å². The second kappa shape index (κ2) is 8.23. The molecule has 0 unspecified atom stereocenters. The van der Waals surface area contributed by atoms with E-state index in [2.05, 4.69) is 29.8 Å². The van der Waals surface area contributed by atoms with Gasteiger partial charge in [-0.1, -0.05) is 32.0 Å². The molecule has 1 spiro atoms. The third kappa shape index (κ3) is 3.63. The summed E-state index contributed by atoms with van der Waals surface area (Å²) in [7, 11) is 3.12. The molecule has 2 aromatic rings. The highest BCUT2D eigenvalue weighted by atomic mass is 16.5. The number of para-hydroxylation sites is 1. The number of carbonyl (C=O) groups excluding carboxylic acids is 2. The number of anilines is 2. The van der Waals surface area contributed by atoms with Crippen molar-refractivity contribution in [1.29, 1.82) is 0 Å². The standard InChI is InChI=1S/C24H29N3O4/c1-14(2)11-15-12-18(22(28)25-20-13-16(30-3)9-10-21(20)31-4)24(27-15)17-7-5-6-8-19(17)26-23(24)29/h5-10,13-15,18,27H,11-12H2,1-4H3,(H,25,28)(H,26,29)/t15-,18+,24+/m0/s1. The lowest BCUT2D eigenvalue weighted by atomic mass is 9.79. The van der Waals surface area contributed by atoms with Crippen molar-refractivity contribution < 1.29 is 19.1 Å². The van der Waals surface area contributed by atoms with Crippen LogP contribution in [-0.4, -0.2) is 32.1 Å². The number of benzene rings is 2. The van der Waals surface area contributed by atoms with E-state index in [0.29, 0.717) is 29.5 Å². The van der Waals surface area contributed by atoms with E-state index in [0.717, 1.165) is 17.7 Å². The molecule has 1 saturated heterocycles. The van der Waals surface area contributed by atoms with E-state index in [1.54, 1.807) is 32.4 Å². The fourth-order valence-corrected chi connectivity index (χ4v) is 4.87. The maximum atomic E-state index is 13.6. The molecule has 3 N–H and O–H groups in total. The van der Waals surface area contributed by atoms with Gasteiger partial charge in [-0.2, -0.15) is 0 Å². The van der Waals surface area contributed by atoms with Crippen molar-refractivity contribution in [2.75, 3.05) is 24.9 Å². The number of hydrogen-bond acceptors (Lipinski definition) is 5. The van der Waals surface area contributed by atoms with Crippen LogP contribution in [0.2, 0.25) is 0 Å². The largest absolute Gasteiger partial charge is 0.497 e. The van der Waals surface area contributed by atoms with Crippen molar-refractivity contribution in [3.05, 3.63) is 48.0 Å². The molecule has 164 valence electrons. The maximum absolute atomic E-state index is 13.6. The first-order valence-corrected chi connectivity index (χ1v) is 10.6. The topological polar surface area (TPSA) is 88.7 Å². The van der Waals surface area contributed by atoms with E-state index in [4.69, 9.17) is 9.47 Å². The highest BCUT2D eigenvalue weighted by Gasteiger charge is 2.60. The van der Waals surface area contributed by atoms with E-state index >= 15 is 0 Å². The van der Waals surface area contributed by atoms with E-state index in [1.165, 1.54) is 0 Å². The number of nitrogens with one attached hydrogen (secondary N) is 3. The molecular weight excluding hydrogens is 394 g/mol. The predicted octanol–water partition coefficient (Wildman–Crippen LogP) is 3.51. The van der Waals surface area contributed by atoms with Crippen LogP contribution in [0.15, 0.2) is 42.5 Å². The molecule has 2 aliphatic rings. The molecule has 0 aliphatic carbocycles. The van der Waals surface area contributed by atoms with Gasteiger partial charge in [0.05, 0.1) is 25.8 Å². The average molecular weight is 424 g/mol. The zero-order valence-corrected chi connectivity index (χ0v) is 18.3. The molecule has 7 nitrogen and oxygen atoms in total. The molecule has 0 saturated carbocycles. The third-order valence-electron chi connectivity index (χ3n) is 6.17. The normalized spacial score (nSPS) is 24.2. The van der Waals surface area contributed by atoms with Gasteiger partial charge in [0, 0.05) is 23.4 Å². The molecule has 1 fully saturated rings. The van der Waals surface area contributed by atoms with E-state index in [-0.39, 0.29) is 17.9 Å². The first-order chi connectivity index (χ1) is 14.9. The minimum atomic E-state index is -1.09. The minimum Gasteiger partial charge on any atom is -0.497 e. The Balaban J connectivity index is 1.71. The SMILES string of the molecule is COc1ccc(OC)c(NC(=O)[C@H]2C[C@H](CC(C)C)N[C@@]23C(=O)Nc2ccccc23)c1. The molecule has 3 atom stereocenters. The molecular formula is C24H29N3O4. The van der Waals surface area contributed by atoms with Crippen LogP contribution in [0.3, 0.4) is 0 Å². The molecule has 7 heteroatoms. The van der Waals surface area contributed by atoms with Crippen molar-refractivity contribution in [2.24, 2.45) is 11.8 Å². The maximum Gasteiger partial charge on any atom is 0.250 e. The Morgan fingerprint density at radius 2 is 1.97 bits per heavy atom. The first-order valence-electron chi connectivity index (χ1n) is 10.6. The van der Waals surface area contributed by atoms with Crippen LogP contribution in [0.4, 0.5) is 11.4 Å². The predicted molar refractivity (Wildman–Crippen MR) is 119 cm³/mol. The van der Waals surface area contributed by atoms with Crippen LogP contribution in [0.1, 0.15) is 32.3 Å². The zero-order valence-electron chi connectivity index (χ0n) is 18.3. The van der Waals surface area contributed by atoms with Gasteiger partial charge in [0.15, 0.2) is 0 Å². The minimum absolute atomic E-state index is 0.0554. The quantitative estimate of drug-likeness (QED) is 0.662. The lowest BCUT2D eigenvalue weighted by molar-refractivity contribution is -0.130. The number of hydrogen-bond donors (Lipinski definition) is 3. The van der Waals surface area contributed by atoms with Gasteiger partial charge in [-0.3, -0.25) is 14.9 Å². The van der Waals surface area contributed by atoms with Gasteiger partial charge in [-0.25, -0.2) is 0 Å². The zero-order chi connectivity index (χ0) is 22.2. The number of ether oxygens (including phenoxy) is 2. The lowest BCUT2D eigenvalue weighted by Crippen LogP contribution is -2.52. The Kier molecular flexibility index (Phi) is 5.62. The molecule has 0 radical (unpaired) electrons. The van der Waals surface area contributed by atoms with Gasteiger partial charge in [0.1, 0.15) is 17.0 Å². The summed E-state index contributed by atoms with van der Waals surface area (Å²) < 4.78 is 10.7. The fraction of sp³-hybridized carbons (Fsp3) is 0.417. The summed E-state index contributed by atoms with van der Waals surface area (Å²) in [6.45, 7) is 4.29. The molecule has 2 amide bonds. The molecule has 31 heavy (non-hydrogen) atoms. The Bertz CT molecular complexity index is 1010. The van der Waals surface area contributed by atoms with Crippen LogP contribution in [0.25, 0.3) is 0 Å². The second-order valence-electron chi connectivity index (χ2n) is 8.62. The summed E-state index contributed by atoms with van der Waals surface area (Å²) >= 11 is 0. The van der Waals surface area contributed by atoms with Gasteiger partial charge in [0.2, 0.25) is 11.8 Å². The Morgan fingerprint density at radius 3 is 2.68 bits per heavy atom. The van der Waals surface area contributed by atoms with Gasteiger partial charge in [-0.15, -0.1) is 0 Å². The Labute approximate surface area is 182 Å². The van der Waals surface area contributed by atoms with Crippen molar-refractivity contribution in [2.45, 2.75) is 38.3 Å². The van der Waals surface area contributed by atoms with E-state index in [9.17, 15) is 9.59 Å². The Morgan fingerprint density at radius 1 is 1.19 bits per heavy atom. The molecule has 2 heterocycles. The van der Waals surface area contributed by atoms with Crippen LogP contribution < -0.4 is 25.4 Å². The monoisotopic (exact) mass is 423 g/mol.